The van der Waals surface area contributed by atoms with Crippen LogP contribution in [0.15, 0.2) is 47.5 Å². The van der Waals surface area contributed by atoms with Crippen LogP contribution in [0.25, 0.3) is 0 Å². The van der Waals surface area contributed by atoms with Gasteiger partial charge in [-0.05, 0) is 30.2 Å². The maximum Gasteiger partial charge on any atom is 0.191 e. The number of guanidine groups is 1. The van der Waals surface area contributed by atoms with Crippen molar-refractivity contribution in [2.24, 2.45) is 4.99 Å². The zero-order chi connectivity index (χ0) is 17.5. The van der Waals surface area contributed by atoms with Crippen LogP contribution in [0.1, 0.15) is 11.1 Å². The van der Waals surface area contributed by atoms with E-state index in [1.165, 1.54) is 6.07 Å². The number of benzene rings is 2. The molecule has 0 spiro atoms. The molecule has 2 aromatic rings. The molecule has 0 aliphatic carbocycles. The predicted octanol–water partition coefficient (Wildman–Crippen LogP) is 2.50. The largest absolute Gasteiger partial charge is 0.486 e. The molecule has 2 N–H and O–H groups in total. The quantitative estimate of drug-likeness (QED) is 0.647. The van der Waals surface area contributed by atoms with Gasteiger partial charge >= 0.3 is 0 Å². The summed E-state index contributed by atoms with van der Waals surface area (Å²) in [4.78, 5) is 4.16. The van der Waals surface area contributed by atoms with Crippen LogP contribution in [0.4, 0.5) is 4.39 Å². The van der Waals surface area contributed by atoms with Crippen molar-refractivity contribution in [3.05, 3.63) is 59.4 Å². The van der Waals surface area contributed by atoms with E-state index in [0.29, 0.717) is 37.8 Å². The predicted molar refractivity (Wildman–Crippen MR) is 95.7 cm³/mol. The number of nitrogens with one attached hydrogen (secondary N) is 2. The average molecular weight is 343 g/mol. The Balaban J connectivity index is 1.48. The molecular weight excluding hydrogens is 321 g/mol. The molecule has 1 aliphatic rings. The highest BCUT2D eigenvalue weighted by molar-refractivity contribution is 5.79. The average Bonchev–Trinajstić information content (AvgIpc) is 2.65. The molecule has 3 rings (SSSR count). The SMILES string of the molecule is CN=C(NCCc1ccc2c(c1)OCCO2)NCc1ccccc1F. The lowest BCUT2D eigenvalue weighted by atomic mass is 10.1. The Bertz CT molecular complexity index is 749. The molecule has 5 nitrogen and oxygen atoms in total. The number of hydrogen-bond donors (Lipinski definition) is 2. The molecule has 0 saturated heterocycles. The summed E-state index contributed by atoms with van der Waals surface area (Å²) in [5, 5.41) is 6.35. The van der Waals surface area contributed by atoms with E-state index in [4.69, 9.17) is 9.47 Å². The van der Waals surface area contributed by atoms with Crippen LogP contribution in [0.5, 0.6) is 11.5 Å². The van der Waals surface area contributed by atoms with E-state index >= 15 is 0 Å². The van der Waals surface area contributed by atoms with E-state index in [-0.39, 0.29) is 5.82 Å². The summed E-state index contributed by atoms with van der Waals surface area (Å²) in [6, 6.07) is 12.7. The van der Waals surface area contributed by atoms with Gasteiger partial charge in [-0.1, -0.05) is 24.3 Å². The van der Waals surface area contributed by atoms with Crippen molar-refractivity contribution in [3.63, 3.8) is 0 Å². The molecule has 0 fully saturated rings. The second-order valence-electron chi connectivity index (χ2n) is 5.67. The molecular formula is C19H22FN3O2. The first-order valence-electron chi connectivity index (χ1n) is 8.32. The highest BCUT2D eigenvalue weighted by atomic mass is 19.1. The zero-order valence-electron chi connectivity index (χ0n) is 14.2. The Labute approximate surface area is 146 Å². The van der Waals surface area contributed by atoms with E-state index in [1.54, 1.807) is 19.2 Å². The van der Waals surface area contributed by atoms with E-state index in [2.05, 4.69) is 15.6 Å². The van der Waals surface area contributed by atoms with Gasteiger partial charge in [0.05, 0.1) is 0 Å². The Hall–Kier alpha value is -2.76. The summed E-state index contributed by atoms with van der Waals surface area (Å²) in [6.07, 6.45) is 0.817. The molecule has 0 aromatic heterocycles. The molecule has 25 heavy (non-hydrogen) atoms. The summed E-state index contributed by atoms with van der Waals surface area (Å²) < 4.78 is 24.7. The number of aliphatic imine (C=N–C) groups is 1. The minimum atomic E-state index is -0.221. The molecule has 0 bridgehead atoms. The molecule has 0 amide bonds. The van der Waals surface area contributed by atoms with Crippen LogP contribution in [0.3, 0.4) is 0 Å². The number of rotatable bonds is 5. The highest BCUT2D eigenvalue weighted by Gasteiger charge is 2.11. The normalized spacial score (nSPS) is 13.4. The lowest BCUT2D eigenvalue weighted by Crippen LogP contribution is -2.38. The maximum absolute atomic E-state index is 13.6. The van der Waals surface area contributed by atoms with Crippen molar-refractivity contribution in [1.29, 1.82) is 0 Å². The summed E-state index contributed by atoms with van der Waals surface area (Å²) in [7, 11) is 1.70. The maximum atomic E-state index is 13.6. The van der Waals surface area contributed by atoms with E-state index < -0.39 is 0 Å². The van der Waals surface area contributed by atoms with Crippen molar-refractivity contribution >= 4 is 5.96 Å². The third-order valence-corrected chi connectivity index (χ3v) is 3.94. The fourth-order valence-electron chi connectivity index (χ4n) is 2.61. The first-order valence-corrected chi connectivity index (χ1v) is 8.32. The van der Waals surface area contributed by atoms with Gasteiger partial charge in [-0.25, -0.2) is 4.39 Å². The first-order chi connectivity index (χ1) is 12.3. The van der Waals surface area contributed by atoms with Crippen LogP contribution in [-0.4, -0.2) is 32.8 Å². The molecule has 2 aromatic carbocycles. The minimum Gasteiger partial charge on any atom is -0.486 e. The Morgan fingerprint density at radius 3 is 2.68 bits per heavy atom. The van der Waals surface area contributed by atoms with Gasteiger partial charge in [-0.2, -0.15) is 0 Å². The summed E-state index contributed by atoms with van der Waals surface area (Å²) in [6.45, 7) is 2.27. The lowest BCUT2D eigenvalue weighted by molar-refractivity contribution is 0.171. The first kappa shape index (κ1) is 17.1. The van der Waals surface area contributed by atoms with Gasteiger partial charge < -0.3 is 20.1 Å². The molecule has 0 unspecified atom stereocenters. The van der Waals surface area contributed by atoms with E-state index in [1.807, 2.05) is 24.3 Å². The van der Waals surface area contributed by atoms with Gasteiger partial charge in [0, 0.05) is 25.7 Å². The fraction of sp³-hybridized carbons (Fsp3) is 0.316. The van der Waals surface area contributed by atoms with Crippen molar-refractivity contribution in [1.82, 2.24) is 10.6 Å². The second-order valence-corrected chi connectivity index (χ2v) is 5.67. The molecule has 0 radical (unpaired) electrons. The van der Waals surface area contributed by atoms with Gasteiger partial charge in [0.2, 0.25) is 0 Å². The Kier molecular flexibility index (Phi) is 5.72. The minimum absolute atomic E-state index is 0.221. The number of ether oxygens (including phenoxy) is 2. The van der Waals surface area contributed by atoms with Gasteiger partial charge in [0.15, 0.2) is 17.5 Å². The standard InChI is InChI=1S/C19H22FN3O2/c1-21-19(23-13-15-4-2-3-5-16(15)20)22-9-8-14-6-7-17-18(12-14)25-11-10-24-17/h2-7,12H,8-11,13H2,1H3,(H2,21,22,23). The van der Waals surface area contributed by atoms with Crippen LogP contribution in [0.2, 0.25) is 0 Å². The highest BCUT2D eigenvalue weighted by Crippen LogP contribution is 2.30. The van der Waals surface area contributed by atoms with E-state index in [0.717, 1.165) is 23.5 Å². The van der Waals surface area contributed by atoms with Gasteiger partial charge in [0.1, 0.15) is 19.0 Å². The van der Waals surface area contributed by atoms with Crippen LogP contribution in [0, 0.1) is 5.82 Å². The molecule has 132 valence electrons. The Morgan fingerprint density at radius 2 is 1.88 bits per heavy atom. The summed E-state index contributed by atoms with van der Waals surface area (Å²) in [5.74, 6) is 2.01. The summed E-state index contributed by atoms with van der Waals surface area (Å²) >= 11 is 0. The van der Waals surface area contributed by atoms with Crippen molar-refractivity contribution < 1.29 is 13.9 Å². The van der Waals surface area contributed by atoms with Crippen LogP contribution in [-0.2, 0) is 13.0 Å². The number of halogens is 1. The molecule has 1 heterocycles. The zero-order valence-corrected chi connectivity index (χ0v) is 14.2. The number of nitrogens with zero attached hydrogens (tertiary/aromatic N) is 1. The van der Waals surface area contributed by atoms with Crippen molar-refractivity contribution in [3.8, 4) is 11.5 Å². The van der Waals surface area contributed by atoms with Crippen molar-refractivity contribution in [2.75, 3.05) is 26.8 Å². The topological polar surface area (TPSA) is 54.9 Å². The monoisotopic (exact) mass is 343 g/mol. The third kappa shape index (κ3) is 4.62. The Morgan fingerprint density at radius 1 is 1.08 bits per heavy atom. The number of fused-ring (bicyclic) bond motifs is 1. The van der Waals surface area contributed by atoms with Crippen molar-refractivity contribution in [2.45, 2.75) is 13.0 Å². The molecule has 0 atom stereocenters. The van der Waals surface area contributed by atoms with Crippen LogP contribution >= 0.6 is 0 Å². The van der Waals surface area contributed by atoms with Gasteiger partial charge in [-0.15, -0.1) is 0 Å². The fourth-order valence-corrected chi connectivity index (χ4v) is 2.61. The number of hydrogen-bond acceptors (Lipinski definition) is 3. The molecule has 6 heteroatoms. The second kappa shape index (κ2) is 8.37. The molecule has 0 saturated carbocycles. The third-order valence-electron chi connectivity index (χ3n) is 3.94. The smallest absolute Gasteiger partial charge is 0.191 e. The molecule has 1 aliphatic heterocycles. The summed E-state index contributed by atoms with van der Waals surface area (Å²) in [5.41, 5.74) is 1.76. The van der Waals surface area contributed by atoms with Gasteiger partial charge in [-0.3, -0.25) is 4.99 Å². The van der Waals surface area contributed by atoms with Gasteiger partial charge in [0.25, 0.3) is 0 Å². The van der Waals surface area contributed by atoms with Crippen LogP contribution < -0.4 is 20.1 Å². The lowest BCUT2D eigenvalue weighted by Gasteiger charge is -2.19. The van der Waals surface area contributed by atoms with E-state index in [9.17, 15) is 4.39 Å².